The number of hydrogen-bond acceptors (Lipinski definition) is 3. The minimum Gasteiger partial charge on any atom is -0.396 e. The van der Waals surface area contributed by atoms with E-state index >= 15 is 0 Å². The average molecular weight is 297 g/mol. The van der Waals surface area contributed by atoms with E-state index in [0.29, 0.717) is 6.04 Å². The first-order chi connectivity index (χ1) is 9.76. The van der Waals surface area contributed by atoms with Crippen LogP contribution >= 0.6 is 11.6 Å². The molecule has 1 aromatic carbocycles. The Bertz CT molecular complexity index is 425. The quantitative estimate of drug-likeness (QED) is 0.811. The minimum atomic E-state index is 0.277. The zero-order chi connectivity index (χ0) is 14.4. The molecule has 1 aromatic rings. The summed E-state index contributed by atoms with van der Waals surface area (Å²) in [5.41, 5.74) is 2.37. The van der Waals surface area contributed by atoms with Gasteiger partial charge in [-0.25, -0.2) is 0 Å². The maximum atomic E-state index is 9.01. The molecule has 0 aromatic heterocycles. The Morgan fingerprint density at radius 1 is 1.45 bits per heavy atom. The summed E-state index contributed by atoms with van der Waals surface area (Å²) in [6.07, 6.45) is 4.34. The highest BCUT2D eigenvalue weighted by atomic mass is 35.5. The summed E-state index contributed by atoms with van der Waals surface area (Å²) in [6.45, 7) is 5.28. The molecule has 1 aliphatic heterocycles. The van der Waals surface area contributed by atoms with E-state index in [2.05, 4.69) is 35.3 Å². The lowest BCUT2D eigenvalue weighted by molar-refractivity contribution is 0.279. The van der Waals surface area contributed by atoms with Gasteiger partial charge in [-0.05, 0) is 49.9 Å². The van der Waals surface area contributed by atoms with Gasteiger partial charge in [-0.1, -0.05) is 24.6 Å². The van der Waals surface area contributed by atoms with Crippen LogP contribution in [0.15, 0.2) is 18.2 Å². The molecule has 0 bridgehead atoms. The number of aliphatic hydroxyl groups is 1. The van der Waals surface area contributed by atoms with Crippen LogP contribution in [0.2, 0.25) is 5.02 Å². The molecule has 0 amide bonds. The molecule has 1 fully saturated rings. The molecular weight excluding hydrogens is 272 g/mol. The van der Waals surface area contributed by atoms with Crippen LogP contribution in [0.5, 0.6) is 0 Å². The number of halogens is 1. The first-order valence-electron chi connectivity index (χ1n) is 7.63. The first-order valence-corrected chi connectivity index (χ1v) is 8.00. The van der Waals surface area contributed by atoms with E-state index in [9.17, 15) is 0 Å². The first kappa shape index (κ1) is 15.6. The summed E-state index contributed by atoms with van der Waals surface area (Å²) in [5, 5.41) is 13.2. The van der Waals surface area contributed by atoms with Crippen molar-refractivity contribution in [1.29, 1.82) is 0 Å². The SMILES string of the molecule is CCNCc1ccc(N2CCCC2CCCO)c(Cl)c1. The molecule has 0 saturated carbocycles. The maximum Gasteiger partial charge on any atom is 0.0642 e. The van der Waals surface area contributed by atoms with Crippen LogP contribution in [0.25, 0.3) is 0 Å². The van der Waals surface area contributed by atoms with Gasteiger partial charge in [0.15, 0.2) is 0 Å². The fourth-order valence-electron chi connectivity index (χ4n) is 2.94. The summed E-state index contributed by atoms with van der Waals surface area (Å²) in [7, 11) is 0. The van der Waals surface area contributed by atoms with Crippen molar-refractivity contribution in [3.05, 3.63) is 28.8 Å². The van der Waals surface area contributed by atoms with Gasteiger partial charge in [-0.15, -0.1) is 0 Å². The number of aliphatic hydroxyl groups excluding tert-OH is 1. The van der Waals surface area contributed by atoms with Gasteiger partial charge < -0.3 is 15.3 Å². The van der Waals surface area contributed by atoms with Gasteiger partial charge >= 0.3 is 0 Å². The predicted octanol–water partition coefficient (Wildman–Crippen LogP) is 3.19. The molecule has 1 saturated heterocycles. The standard InChI is InChI=1S/C16H25ClN2O/c1-2-18-12-13-7-8-16(15(17)11-13)19-9-3-5-14(19)6-4-10-20/h7-8,11,14,18,20H,2-6,9-10,12H2,1H3. The lowest BCUT2D eigenvalue weighted by atomic mass is 10.1. The van der Waals surface area contributed by atoms with Crippen LogP contribution in [-0.4, -0.2) is 30.8 Å². The summed E-state index contributed by atoms with van der Waals surface area (Å²) in [6, 6.07) is 6.90. The van der Waals surface area contributed by atoms with Gasteiger partial charge in [0.25, 0.3) is 0 Å². The number of hydrogen-bond donors (Lipinski definition) is 2. The largest absolute Gasteiger partial charge is 0.396 e. The molecule has 1 aliphatic rings. The number of benzene rings is 1. The van der Waals surface area contributed by atoms with Crippen LogP contribution in [0, 0.1) is 0 Å². The summed E-state index contributed by atoms with van der Waals surface area (Å²) in [4.78, 5) is 2.41. The van der Waals surface area contributed by atoms with E-state index in [0.717, 1.165) is 43.2 Å². The molecule has 0 spiro atoms. The highest BCUT2D eigenvalue weighted by molar-refractivity contribution is 6.33. The molecule has 1 unspecified atom stereocenters. The van der Waals surface area contributed by atoms with Crippen LogP contribution < -0.4 is 10.2 Å². The Balaban J connectivity index is 2.07. The Morgan fingerprint density at radius 3 is 3.00 bits per heavy atom. The third-order valence-electron chi connectivity index (χ3n) is 3.97. The second kappa shape index (κ2) is 7.87. The van der Waals surface area contributed by atoms with Crippen molar-refractivity contribution in [3.8, 4) is 0 Å². The normalized spacial score (nSPS) is 18.8. The van der Waals surface area contributed by atoms with Crippen LogP contribution in [0.3, 0.4) is 0 Å². The van der Waals surface area contributed by atoms with Gasteiger partial charge in [0.2, 0.25) is 0 Å². The lowest BCUT2D eigenvalue weighted by Gasteiger charge is -2.28. The van der Waals surface area contributed by atoms with Gasteiger partial charge in [0.05, 0.1) is 10.7 Å². The summed E-state index contributed by atoms with van der Waals surface area (Å²) < 4.78 is 0. The van der Waals surface area contributed by atoms with Gasteiger partial charge in [0, 0.05) is 25.7 Å². The molecule has 20 heavy (non-hydrogen) atoms. The smallest absolute Gasteiger partial charge is 0.0642 e. The highest BCUT2D eigenvalue weighted by Crippen LogP contribution is 2.34. The fourth-order valence-corrected chi connectivity index (χ4v) is 3.25. The van der Waals surface area contributed by atoms with E-state index in [1.807, 2.05) is 0 Å². The Morgan fingerprint density at radius 2 is 2.30 bits per heavy atom. The average Bonchev–Trinajstić information content (AvgIpc) is 2.91. The molecule has 2 N–H and O–H groups in total. The van der Waals surface area contributed by atoms with E-state index < -0.39 is 0 Å². The molecular formula is C16H25ClN2O. The van der Waals surface area contributed by atoms with Crippen molar-refractivity contribution < 1.29 is 5.11 Å². The third-order valence-corrected chi connectivity index (χ3v) is 4.28. The topological polar surface area (TPSA) is 35.5 Å². The fraction of sp³-hybridized carbons (Fsp3) is 0.625. The van der Waals surface area contributed by atoms with Crippen LogP contribution in [0.1, 0.15) is 38.2 Å². The Kier molecular flexibility index (Phi) is 6.14. The van der Waals surface area contributed by atoms with Gasteiger partial charge in [0.1, 0.15) is 0 Å². The zero-order valence-electron chi connectivity index (χ0n) is 12.2. The second-order valence-electron chi connectivity index (χ2n) is 5.42. The molecule has 0 radical (unpaired) electrons. The number of rotatable bonds is 7. The maximum absolute atomic E-state index is 9.01. The van der Waals surface area contributed by atoms with Crippen molar-refractivity contribution in [1.82, 2.24) is 5.32 Å². The van der Waals surface area contributed by atoms with E-state index in [-0.39, 0.29) is 6.61 Å². The van der Waals surface area contributed by atoms with E-state index in [4.69, 9.17) is 16.7 Å². The number of anilines is 1. The Hall–Kier alpha value is -0.770. The van der Waals surface area contributed by atoms with Crippen molar-refractivity contribution in [3.63, 3.8) is 0 Å². The molecule has 4 heteroatoms. The van der Waals surface area contributed by atoms with Crippen molar-refractivity contribution >= 4 is 17.3 Å². The molecule has 1 heterocycles. The molecule has 1 atom stereocenters. The van der Waals surface area contributed by atoms with Crippen LogP contribution in [-0.2, 0) is 6.54 Å². The lowest BCUT2D eigenvalue weighted by Crippen LogP contribution is -2.29. The second-order valence-corrected chi connectivity index (χ2v) is 5.83. The monoisotopic (exact) mass is 296 g/mol. The summed E-state index contributed by atoms with van der Waals surface area (Å²) in [5.74, 6) is 0. The Labute approximate surface area is 126 Å². The van der Waals surface area contributed by atoms with E-state index in [1.165, 1.54) is 18.4 Å². The molecule has 0 aliphatic carbocycles. The van der Waals surface area contributed by atoms with Crippen molar-refractivity contribution in [2.45, 2.75) is 45.2 Å². The molecule has 112 valence electrons. The highest BCUT2D eigenvalue weighted by Gasteiger charge is 2.25. The zero-order valence-corrected chi connectivity index (χ0v) is 13.0. The third kappa shape index (κ3) is 3.87. The summed E-state index contributed by atoms with van der Waals surface area (Å²) >= 11 is 6.47. The van der Waals surface area contributed by atoms with Crippen LogP contribution in [0.4, 0.5) is 5.69 Å². The minimum absolute atomic E-state index is 0.277. The molecule has 3 nitrogen and oxygen atoms in total. The van der Waals surface area contributed by atoms with Gasteiger partial charge in [-0.2, -0.15) is 0 Å². The molecule has 2 rings (SSSR count). The predicted molar refractivity (Wildman–Crippen MR) is 85.5 cm³/mol. The van der Waals surface area contributed by atoms with E-state index in [1.54, 1.807) is 0 Å². The number of nitrogens with zero attached hydrogens (tertiary/aromatic N) is 1. The van der Waals surface area contributed by atoms with Gasteiger partial charge in [-0.3, -0.25) is 0 Å². The van der Waals surface area contributed by atoms with Crippen molar-refractivity contribution in [2.24, 2.45) is 0 Å². The van der Waals surface area contributed by atoms with Crippen molar-refractivity contribution in [2.75, 3.05) is 24.6 Å². The number of nitrogens with one attached hydrogen (secondary N) is 1.